The molecule has 1 rings (SSSR count). The number of hydrogen-bond acceptors (Lipinski definition) is 5. The highest BCUT2D eigenvalue weighted by atomic mass is 16.5. The molecule has 0 aliphatic heterocycles. The van der Waals surface area contributed by atoms with E-state index in [9.17, 15) is 4.79 Å². The maximum atomic E-state index is 10.6. The first-order valence-corrected chi connectivity index (χ1v) is 5.49. The van der Waals surface area contributed by atoms with Gasteiger partial charge in [-0.15, -0.1) is 5.10 Å². The topological polar surface area (TPSA) is 89.3 Å². The van der Waals surface area contributed by atoms with Gasteiger partial charge < -0.3 is 15.2 Å². The van der Waals surface area contributed by atoms with Gasteiger partial charge in [-0.25, -0.2) is 4.79 Å². The number of carboxylic acids is 1. The van der Waals surface area contributed by atoms with Crippen molar-refractivity contribution >= 4 is 5.97 Å². The summed E-state index contributed by atoms with van der Waals surface area (Å²) in [6.07, 6.45) is 2.36. The largest absolute Gasteiger partial charge is 0.476 e. The molecule has 1 atom stereocenters. The van der Waals surface area contributed by atoms with E-state index in [0.717, 1.165) is 13.0 Å². The number of nitrogens with one attached hydrogen (secondary N) is 1. The highest BCUT2D eigenvalue weighted by Gasteiger charge is 2.07. The Labute approximate surface area is 99.8 Å². The summed E-state index contributed by atoms with van der Waals surface area (Å²) in [7, 11) is 1.68. The molecule has 1 unspecified atom stereocenters. The summed E-state index contributed by atoms with van der Waals surface area (Å²) in [5.74, 6) is -1.06. The van der Waals surface area contributed by atoms with E-state index in [-0.39, 0.29) is 5.69 Å². The minimum absolute atomic E-state index is 0.0302. The minimum Gasteiger partial charge on any atom is -0.476 e. The highest BCUT2D eigenvalue weighted by molar-refractivity contribution is 5.84. The van der Waals surface area contributed by atoms with Crippen LogP contribution >= 0.6 is 0 Å². The summed E-state index contributed by atoms with van der Waals surface area (Å²) in [5.41, 5.74) is -0.0302. The van der Waals surface area contributed by atoms with Crippen molar-refractivity contribution in [1.82, 2.24) is 20.3 Å². The Morgan fingerprint density at radius 3 is 3.06 bits per heavy atom. The molecule has 0 bridgehead atoms. The summed E-state index contributed by atoms with van der Waals surface area (Å²) in [6.45, 7) is 4.11. The number of ether oxygens (including phenoxy) is 1. The smallest absolute Gasteiger partial charge is 0.358 e. The molecule has 0 aliphatic rings. The van der Waals surface area contributed by atoms with Gasteiger partial charge in [-0.1, -0.05) is 5.21 Å². The minimum atomic E-state index is -1.06. The maximum Gasteiger partial charge on any atom is 0.358 e. The molecule has 7 nitrogen and oxygen atoms in total. The molecular weight excluding hydrogens is 224 g/mol. The van der Waals surface area contributed by atoms with Gasteiger partial charge in [-0.3, -0.25) is 4.68 Å². The third kappa shape index (κ3) is 4.92. The average molecular weight is 242 g/mol. The fraction of sp³-hybridized carbons (Fsp3) is 0.700. The van der Waals surface area contributed by atoms with Crippen molar-refractivity contribution < 1.29 is 14.6 Å². The number of rotatable bonds is 8. The van der Waals surface area contributed by atoms with E-state index in [1.54, 1.807) is 7.11 Å². The number of carbonyl (C=O) groups is 1. The molecule has 0 saturated carbocycles. The summed E-state index contributed by atoms with van der Waals surface area (Å²) in [6, 6.07) is 0.359. The lowest BCUT2D eigenvalue weighted by molar-refractivity contribution is 0.0690. The SMILES string of the molecule is COCCC(C)NCCn1cc(C(=O)O)nn1. The summed E-state index contributed by atoms with van der Waals surface area (Å²) < 4.78 is 6.49. The Morgan fingerprint density at radius 1 is 1.71 bits per heavy atom. The zero-order valence-corrected chi connectivity index (χ0v) is 10.1. The Morgan fingerprint density at radius 2 is 2.47 bits per heavy atom. The highest BCUT2D eigenvalue weighted by Crippen LogP contribution is 1.93. The monoisotopic (exact) mass is 242 g/mol. The first kappa shape index (κ1) is 13.6. The molecule has 7 heteroatoms. The second-order valence-corrected chi connectivity index (χ2v) is 3.81. The van der Waals surface area contributed by atoms with Crippen molar-refractivity contribution in [3.8, 4) is 0 Å². The quantitative estimate of drug-likeness (QED) is 0.666. The number of nitrogens with zero attached hydrogens (tertiary/aromatic N) is 3. The Bertz CT molecular complexity index is 353. The van der Waals surface area contributed by atoms with Gasteiger partial charge in [0.25, 0.3) is 0 Å². The average Bonchev–Trinajstić information content (AvgIpc) is 2.75. The van der Waals surface area contributed by atoms with Crippen molar-refractivity contribution in [2.45, 2.75) is 25.9 Å². The van der Waals surface area contributed by atoms with Crippen LogP contribution in [-0.2, 0) is 11.3 Å². The van der Waals surface area contributed by atoms with E-state index in [2.05, 4.69) is 22.6 Å². The van der Waals surface area contributed by atoms with E-state index in [0.29, 0.717) is 19.1 Å². The van der Waals surface area contributed by atoms with Gasteiger partial charge in [-0.05, 0) is 13.3 Å². The number of aromatic carboxylic acids is 1. The second kappa shape index (κ2) is 6.97. The van der Waals surface area contributed by atoms with Gasteiger partial charge in [-0.2, -0.15) is 0 Å². The van der Waals surface area contributed by atoms with Crippen LogP contribution < -0.4 is 5.32 Å². The van der Waals surface area contributed by atoms with E-state index in [1.165, 1.54) is 10.9 Å². The lowest BCUT2D eigenvalue weighted by Crippen LogP contribution is -2.30. The molecule has 1 aromatic heterocycles. The lowest BCUT2D eigenvalue weighted by atomic mass is 10.2. The van der Waals surface area contributed by atoms with Gasteiger partial charge in [0.15, 0.2) is 5.69 Å². The molecule has 96 valence electrons. The fourth-order valence-electron chi connectivity index (χ4n) is 1.33. The summed E-state index contributed by atoms with van der Waals surface area (Å²) in [4.78, 5) is 10.6. The van der Waals surface area contributed by atoms with Crippen LogP contribution in [0.1, 0.15) is 23.8 Å². The normalized spacial score (nSPS) is 12.6. The second-order valence-electron chi connectivity index (χ2n) is 3.81. The van der Waals surface area contributed by atoms with E-state index >= 15 is 0 Å². The zero-order chi connectivity index (χ0) is 12.7. The van der Waals surface area contributed by atoms with Crippen LogP contribution in [0.3, 0.4) is 0 Å². The number of aromatic nitrogens is 3. The van der Waals surface area contributed by atoms with E-state index in [4.69, 9.17) is 9.84 Å². The maximum absolute atomic E-state index is 10.6. The standard InChI is InChI=1S/C10H18N4O3/c1-8(3-6-17-2)11-4-5-14-7-9(10(15)16)12-13-14/h7-8,11H,3-6H2,1-2H3,(H,15,16). The predicted molar refractivity (Wildman–Crippen MR) is 60.9 cm³/mol. The van der Waals surface area contributed by atoms with E-state index in [1.807, 2.05) is 0 Å². The van der Waals surface area contributed by atoms with Gasteiger partial charge >= 0.3 is 5.97 Å². The van der Waals surface area contributed by atoms with Gasteiger partial charge in [0.1, 0.15) is 0 Å². The van der Waals surface area contributed by atoms with Crippen LogP contribution in [0.4, 0.5) is 0 Å². The molecule has 0 aromatic carbocycles. The Hall–Kier alpha value is -1.47. The molecule has 0 spiro atoms. The molecule has 2 N–H and O–H groups in total. The first-order valence-electron chi connectivity index (χ1n) is 5.49. The fourth-order valence-corrected chi connectivity index (χ4v) is 1.33. The molecular formula is C10H18N4O3. The van der Waals surface area contributed by atoms with Crippen LogP contribution in [0, 0.1) is 0 Å². The van der Waals surface area contributed by atoms with Gasteiger partial charge in [0, 0.05) is 26.3 Å². The number of methoxy groups -OCH3 is 1. The Balaban J connectivity index is 2.23. The third-order valence-corrected chi connectivity index (χ3v) is 2.35. The molecule has 17 heavy (non-hydrogen) atoms. The molecule has 0 amide bonds. The van der Waals surface area contributed by atoms with Crippen LogP contribution in [0.5, 0.6) is 0 Å². The van der Waals surface area contributed by atoms with Crippen LogP contribution in [0.15, 0.2) is 6.20 Å². The molecule has 1 heterocycles. The summed E-state index contributed by atoms with van der Waals surface area (Å²) >= 11 is 0. The third-order valence-electron chi connectivity index (χ3n) is 2.35. The lowest BCUT2D eigenvalue weighted by Gasteiger charge is -2.12. The van der Waals surface area contributed by atoms with Crippen molar-refractivity contribution in [2.75, 3.05) is 20.3 Å². The van der Waals surface area contributed by atoms with Crippen molar-refractivity contribution in [2.24, 2.45) is 0 Å². The Kier molecular flexibility index (Phi) is 5.58. The van der Waals surface area contributed by atoms with Crippen LogP contribution in [0.25, 0.3) is 0 Å². The predicted octanol–water partition coefficient (Wildman–Crippen LogP) is -0.00910. The molecule has 0 saturated heterocycles. The molecule has 0 aliphatic carbocycles. The van der Waals surface area contributed by atoms with Crippen LogP contribution in [-0.4, -0.2) is 52.4 Å². The van der Waals surface area contributed by atoms with Crippen molar-refractivity contribution in [3.63, 3.8) is 0 Å². The van der Waals surface area contributed by atoms with Crippen molar-refractivity contribution in [3.05, 3.63) is 11.9 Å². The summed E-state index contributed by atoms with van der Waals surface area (Å²) in [5, 5.41) is 19.2. The van der Waals surface area contributed by atoms with E-state index < -0.39 is 5.97 Å². The number of carboxylic acid groups (broad SMARTS) is 1. The molecule has 0 radical (unpaired) electrons. The van der Waals surface area contributed by atoms with Crippen molar-refractivity contribution in [1.29, 1.82) is 0 Å². The first-order chi connectivity index (χ1) is 8.13. The van der Waals surface area contributed by atoms with Gasteiger partial charge in [0.05, 0.1) is 12.7 Å². The molecule has 0 fully saturated rings. The van der Waals surface area contributed by atoms with Gasteiger partial charge in [0.2, 0.25) is 0 Å². The van der Waals surface area contributed by atoms with Crippen LogP contribution in [0.2, 0.25) is 0 Å². The zero-order valence-electron chi connectivity index (χ0n) is 10.1. The molecule has 1 aromatic rings. The number of hydrogen-bond donors (Lipinski definition) is 2.